The average Bonchev–Trinajstić information content (AvgIpc) is 2.35. The number of aromatic nitrogens is 1. The molecule has 0 aliphatic heterocycles. The molecule has 0 saturated carbocycles. The first-order chi connectivity index (χ1) is 8.56. The van der Waals surface area contributed by atoms with Crippen LogP contribution in [0.15, 0.2) is 18.5 Å². The van der Waals surface area contributed by atoms with Crippen LogP contribution in [0.1, 0.15) is 39.7 Å². The van der Waals surface area contributed by atoms with Gasteiger partial charge in [-0.25, -0.2) is 0 Å². The third-order valence-electron chi connectivity index (χ3n) is 3.64. The lowest BCUT2D eigenvalue weighted by Crippen LogP contribution is -2.39. The maximum absolute atomic E-state index is 6.20. The SMILES string of the molecule is CCCNC(Cc1ccncc1Cl)C(C)C(C)C. The Bertz CT molecular complexity index is 352. The van der Waals surface area contributed by atoms with E-state index in [1.807, 2.05) is 12.3 Å². The molecule has 18 heavy (non-hydrogen) atoms. The molecule has 0 spiro atoms. The van der Waals surface area contributed by atoms with Crippen molar-refractivity contribution in [3.8, 4) is 0 Å². The fourth-order valence-electron chi connectivity index (χ4n) is 2.04. The van der Waals surface area contributed by atoms with Gasteiger partial charge in [0, 0.05) is 18.4 Å². The minimum absolute atomic E-state index is 0.477. The number of pyridine rings is 1. The van der Waals surface area contributed by atoms with Crippen LogP contribution in [0.5, 0.6) is 0 Å². The lowest BCUT2D eigenvalue weighted by molar-refractivity contribution is 0.297. The highest BCUT2D eigenvalue weighted by molar-refractivity contribution is 6.31. The Kier molecular flexibility index (Phi) is 6.66. The fraction of sp³-hybridized carbons (Fsp3) is 0.667. The van der Waals surface area contributed by atoms with Crippen LogP contribution in [-0.2, 0) is 6.42 Å². The molecule has 102 valence electrons. The Morgan fingerprint density at radius 3 is 2.61 bits per heavy atom. The largest absolute Gasteiger partial charge is 0.313 e. The Balaban J connectivity index is 2.74. The third kappa shape index (κ3) is 4.58. The fourth-order valence-corrected chi connectivity index (χ4v) is 2.24. The second kappa shape index (κ2) is 7.75. The van der Waals surface area contributed by atoms with Gasteiger partial charge in [-0.2, -0.15) is 0 Å². The van der Waals surface area contributed by atoms with E-state index in [1.54, 1.807) is 6.20 Å². The molecule has 0 bridgehead atoms. The molecule has 0 fully saturated rings. The molecule has 0 aliphatic rings. The number of hydrogen-bond acceptors (Lipinski definition) is 2. The van der Waals surface area contributed by atoms with E-state index in [2.05, 4.69) is 38.0 Å². The van der Waals surface area contributed by atoms with E-state index in [4.69, 9.17) is 11.6 Å². The maximum Gasteiger partial charge on any atom is 0.0621 e. The molecule has 0 aliphatic carbocycles. The van der Waals surface area contributed by atoms with Crippen molar-refractivity contribution in [2.45, 2.75) is 46.6 Å². The van der Waals surface area contributed by atoms with Gasteiger partial charge in [0.1, 0.15) is 0 Å². The quantitative estimate of drug-likeness (QED) is 0.810. The molecule has 2 unspecified atom stereocenters. The Morgan fingerprint density at radius 1 is 1.33 bits per heavy atom. The first kappa shape index (κ1) is 15.5. The van der Waals surface area contributed by atoms with Crippen LogP contribution in [0, 0.1) is 11.8 Å². The highest BCUT2D eigenvalue weighted by Gasteiger charge is 2.20. The zero-order valence-electron chi connectivity index (χ0n) is 11.9. The van der Waals surface area contributed by atoms with Crippen molar-refractivity contribution >= 4 is 11.6 Å². The van der Waals surface area contributed by atoms with Crippen LogP contribution in [0.2, 0.25) is 5.02 Å². The van der Waals surface area contributed by atoms with E-state index in [-0.39, 0.29) is 0 Å². The molecule has 1 heterocycles. The summed E-state index contributed by atoms with van der Waals surface area (Å²) in [6, 6.07) is 2.50. The summed E-state index contributed by atoms with van der Waals surface area (Å²) in [5, 5.41) is 4.42. The van der Waals surface area contributed by atoms with Gasteiger partial charge in [-0.05, 0) is 42.9 Å². The van der Waals surface area contributed by atoms with Gasteiger partial charge in [-0.15, -0.1) is 0 Å². The third-order valence-corrected chi connectivity index (χ3v) is 3.98. The van der Waals surface area contributed by atoms with Crippen molar-refractivity contribution in [2.24, 2.45) is 11.8 Å². The number of halogens is 1. The van der Waals surface area contributed by atoms with Gasteiger partial charge in [0.2, 0.25) is 0 Å². The second-order valence-corrected chi connectivity index (χ2v) is 5.74. The standard InChI is InChI=1S/C15H25ClN2/c1-5-7-18-15(12(4)11(2)3)9-13-6-8-17-10-14(13)16/h6,8,10-12,15,18H,5,7,9H2,1-4H3. The molecule has 2 atom stereocenters. The number of nitrogens with zero attached hydrogens (tertiary/aromatic N) is 1. The number of hydrogen-bond donors (Lipinski definition) is 1. The van der Waals surface area contributed by atoms with Crippen molar-refractivity contribution in [2.75, 3.05) is 6.54 Å². The summed E-state index contributed by atoms with van der Waals surface area (Å²) < 4.78 is 0. The zero-order valence-corrected chi connectivity index (χ0v) is 12.7. The van der Waals surface area contributed by atoms with Crippen molar-refractivity contribution < 1.29 is 0 Å². The summed E-state index contributed by atoms with van der Waals surface area (Å²) in [5.41, 5.74) is 1.19. The molecule has 0 radical (unpaired) electrons. The van der Waals surface area contributed by atoms with Crippen molar-refractivity contribution in [3.63, 3.8) is 0 Å². The monoisotopic (exact) mass is 268 g/mol. The van der Waals surface area contributed by atoms with Crippen LogP contribution in [0.4, 0.5) is 0 Å². The van der Waals surface area contributed by atoms with Gasteiger partial charge in [0.25, 0.3) is 0 Å². The van der Waals surface area contributed by atoms with Crippen LogP contribution in [-0.4, -0.2) is 17.6 Å². The highest BCUT2D eigenvalue weighted by atomic mass is 35.5. The number of nitrogens with one attached hydrogen (secondary N) is 1. The normalized spacial score (nSPS) is 14.8. The van der Waals surface area contributed by atoms with Crippen LogP contribution < -0.4 is 5.32 Å². The summed E-state index contributed by atoms with van der Waals surface area (Å²) in [5.74, 6) is 1.29. The molecule has 2 nitrogen and oxygen atoms in total. The summed E-state index contributed by atoms with van der Waals surface area (Å²) in [6.45, 7) is 10.1. The summed E-state index contributed by atoms with van der Waals surface area (Å²) >= 11 is 6.20. The van der Waals surface area contributed by atoms with Gasteiger partial charge in [-0.1, -0.05) is 39.3 Å². The van der Waals surface area contributed by atoms with Crippen LogP contribution in [0.25, 0.3) is 0 Å². The van der Waals surface area contributed by atoms with E-state index in [1.165, 1.54) is 5.56 Å². The zero-order chi connectivity index (χ0) is 13.5. The predicted molar refractivity (Wildman–Crippen MR) is 79.0 cm³/mol. The van der Waals surface area contributed by atoms with E-state index in [9.17, 15) is 0 Å². The molecule has 0 amide bonds. The molecule has 1 aromatic rings. The van der Waals surface area contributed by atoms with Gasteiger partial charge in [-0.3, -0.25) is 4.98 Å². The van der Waals surface area contributed by atoms with Gasteiger partial charge in [0.15, 0.2) is 0 Å². The smallest absolute Gasteiger partial charge is 0.0621 e. The topological polar surface area (TPSA) is 24.9 Å². The number of rotatable bonds is 7. The minimum atomic E-state index is 0.477. The molecule has 3 heteroatoms. The highest BCUT2D eigenvalue weighted by Crippen LogP contribution is 2.22. The van der Waals surface area contributed by atoms with Gasteiger partial charge >= 0.3 is 0 Å². The first-order valence-electron chi connectivity index (χ1n) is 6.88. The summed E-state index contributed by atoms with van der Waals surface area (Å²) in [4.78, 5) is 4.04. The molecular weight excluding hydrogens is 244 g/mol. The molecule has 1 aromatic heterocycles. The summed E-state index contributed by atoms with van der Waals surface area (Å²) in [6.07, 6.45) is 5.68. The van der Waals surface area contributed by atoms with Crippen LogP contribution in [0.3, 0.4) is 0 Å². The van der Waals surface area contributed by atoms with Gasteiger partial charge in [0.05, 0.1) is 5.02 Å². The molecule has 1 rings (SSSR count). The second-order valence-electron chi connectivity index (χ2n) is 5.33. The lowest BCUT2D eigenvalue weighted by atomic mass is 9.86. The van der Waals surface area contributed by atoms with Crippen LogP contribution >= 0.6 is 11.6 Å². The average molecular weight is 269 g/mol. The molecule has 0 aromatic carbocycles. The minimum Gasteiger partial charge on any atom is -0.313 e. The van der Waals surface area contributed by atoms with Crippen molar-refractivity contribution in [1.29, 1.82) is 0 Å². The Labute approximate surface area is 116 Å². The Hall–Kier alpha value is -0.600. The van der Waals surface area contributed by atoms with E-state index < -0.39 is 0 Å². The van der Waals surface area contributed by atoms with E-state index in [0.29, 0.717) is 17.9 Å². The van der Waals surface area contributed by atoms with E-state index in [0.717, 1.165) is 24.4 Å². The maximum atomic E-state index is 6.20. The first-order valence-corrected chi connectivity index (χ1v) is 7.25. The van der Waals surface area contributed by atoms with Gasteiger partial charge < -0.3 is 5.32 Å². The molecule has 0 saturated heterocycles. The van der Waals surface area contributed by atoms with Crippen molar-refractivity contribution in [1.82, 2.24) is 10.3 Å². The van der Waals surface area contributed by atoms with Crippen molar-refractivity contribution in [3.05, 3.63) is 29.0 Å². The predicted octanol–water partition coefficient (Wildman–Crippen LogP) is 3.94. The molecule has 1 N–H and O–H groups in total. The molecular formula is C15H25ClN2. The Morgan fingerprint density at radius 2 is 2.06 bits per heavy atom. The van der Waals surface area contributed by atoms with E-state index >= 15 is 0 Å². The lowest BCUT2D eigenvalue weighted by Gasteiger charge is -2.28. The summed E-state index contributed by atoms with van der Waals surface area (Å²) in [7, 11) is 0.